The second-order valence-corrected chi connectivity index (χ2v) is 6.37. The lowest BCUT2D eigenvalue weighted by Crippen LogP contribution is -2.21. The molecule has 4 aromatic heterocycles. The van der Waals surface area contributed by atoms with Crippen molar-refractivity contribution >= 4 is 5.65 Å². The van der Waals surface area contributed by atoms with Crippen molar-refractivity contribution in [3.05, 3.63) is 47.6 Å². The minimum Gasteiger partial charge on any atom is -0.270 e. The van der Waals surface area contributed by atoms with Crippen LogP contribution in [0.3, 0.4) is 0 Å². The second kappa shape index (κ2) is 5.20. The molecular weight excluding hydrogens is 318 g/mol. The fourth-order valence-electron chi connectivity index (χ4n) is 3.45. The molecular formula is C16H17N9. The first-order valence-electron chi connectivity index (χ1n) is 8.33. The maximum atomic E-state index is 4.70. The van der Waals surface area contributed by atoms with Gasteiger partial charge in [0.15, 0.2) is 17.3 Å². The Morgan fingerprint density at radius 1 is 1.08 bits per heavy atom. The average Bonchev–Trinajstić information content (AvgIpc) is 3.32. The highest BCUT2D eigenvalue weighted by molar-refractivity contribution is 5.39. The Balaban J connectivity index is 1.59. The molecule has 1 aliphatic heterocycles. The van der Waals surface area contributed by atoms with Gasteiger partial charge in [0.2, 0.25) is 0 Å². The van der Waals surface area contributed by atoms with E-state index in [1.54, 1.807) is 4.52 Å². The standard InChI is InChI=1S/C16H17N9/c1-10-18-16(12-6-8-23-13(9-12)5-7-17-23)25(21-10)15-4-3-14-20-19-11(2)24(14)22-15/h3-5,7,12H,6,8-9H2,1-2H3. The lowest BCUT2D eigenvalue weighted by atomic mass is 9.95. The molecule has 5 rings (SSSR count). The molecule has 9 nitrogen and oxygen atoms in total. The first-order valence-corrected chi connectivity index (χ1v) is 8.33. The van der Waals surface area contributed by atoms with Gasteiger partial charge in [-0.3, -0.25) is 4.68 Å². The molecule has 0 N–H and O–H groups in total. The van der Waals surface area contributed by atoms with E-state index in [2.05, 4.69) is 36.2 Å². The molecule has 0 bridgehead atoms. The number of aryl methyl sites for hydroxylation is 3. The molecule has 0 saturated heterocycles. The van der Waals surface area contributed by atoms with Crippen molar-refractivity contribution in [3.8, 4) is 5.82 Å². The van der Waals surface area contributed by atoms with Crippen LogP contribution in [0.1, 0.15) is 35.5 Å². The molecule has 1 aliphatic rings. The molecule has 0 saturated carbocycles. The average molecular weight is 335 g/mol. The highest BCUT2D eigenvalue weighted by atomic mass is 15.4. The quantitative estimate of drug-likeness (QED) is 0.547. The van der Waals surface area contributed by atoms with E-state index < -0.39 is 0 Å². The van der Waals surface area contributed by atoms with Crippen molar-refractivity contribution in [1.29, 1.82) is 0 Å². The fraction of sp³-hybridized carbons (Fsp3) is 0.375. The summed E-state index contributed by atoms with van der Waals surface area (Å²) < 4.78 is 5.64. The van der Waals surface area contributed by atoms with Gasteiger partial charge in [-0.05, 0) is 44.9 Å². The normalized spacial score (nSPS) is 17.1. The molecule has 0 amide bonds. The predicted molar refractivity (Wildman–Crippen MR) is 88.5 cm³/mol. The van der Waals surface area contributed by atoms with E-state index in [1.807, 2.05) is 36.9 Å². The summed E-state index contributed by atoms with van der Waals surface area (Å²) in [6, 6.07) is 5.89. The van der Waals surface area contributed by atoms with Gasteiger partial charge in [0, 0.05) is 24.4 Å². The zero-order valence-corrected chi connectivity index (χ0v) is 14.0. The van der Waals surface area contributed by atoms with Crippen LogP contribution >= 0.6 is 0 Å². The maximum Gasteiger partial charge on any atom is 0.178 e. The molecule has 0 aliphatic carbocycles. The first-order chi connectivity index (χ1) is 12.2. The topological polar surface area (TPSA) is 91.6 Å². The second-order valence-electron chi connectivity index (χ2n) is 6.37. The summed E-state index contributed by atoms with van der Waals surface area (Å²) in [5.41, 5.74) is 1.96. The van der Waals surface area contributed by atoms with Crippen molar-refractivity contribution in [2.24, 2.45) is 0 Å². The van der Waals surface area contributed by atoms with Gasteiger partial charge in [-0.15, -0.1) is 20.4 Å². The highest BCUT2D eigenvalue weighted by Crippen LogP contribution is 2.29. The van der Waals surface area contributed by atoms with Crippen LogP contribution in [0.5, 0.6) is 0 Å². The van der Waals surface area contributed by atoms with Crippen LogP contribution in [0.4, 0.5) is 0 Å². The third-order valence-corrected chi connectivity index (χ3v) is 4.67. The lowest BCUT2D eigenvalue weighted by molar-refractivity contribution is 0.422. The van der Waals surface area contributed by atoms with E-state index >= 15 is 0 Å². The van der Waals surface area contributed by atoms with Gasteiger partial charge in [-0.25, -0.2) is 4.98 Å². The van der Waals surface area contributed by atoms with Gasteiger partial charge < -0.3 is 0 Å². The van der Waals surface area contributed by atoms with E-state index in [0.29, 0.717) is 5.92 Å². The first kappa shape index (κ1) is 14.3. The monoisotopic (exact) mass is 335 g/mol. The van der Waals surface area contributed by atoms with Gasteiger partial charge in [0.05, 0.1) is 0 Å². The number of aromatic nitrogens is 9. The molecule has 9 heteroatoms. The summed E-state index contributed by atoms with van der Waals surface area (Å²) in [7, 11) is 0. The van der Waals surface area contributed by atoms with Crippen LogP contribution in [0.25, 0.3) is 11.5 Å². The number of hydrogen-bond donors (Lipinski definition) is 0. The van der Waals surface area contributed by atoms with E-state index in [4.69, 9.17) is 4.98 Å². The van der Waals surface area contributed by atoms with Crippen molar-refractivity contribution in [2.45, 2.75) is 39.2 Å². The van der Waals surface area contributed by atoms with Gasteiger partial charge in [-0.1, -0.05) is 0 Å². The smallest absolute Gasteiger partial charge is 0.178 e. The molecule has 1 atom stereocenters. The van der Waals surface area contributed by atoms with Crippen LogP contribution in [0.2, 0.25) is 0 Å². The SMILES string of the molecule is Cc1nc(C2CCn3nccc3C2)n(-c2ccc3nnc(C)n3n2)n1. The predicted octanol–water partition coefficient (Wildman–Crippen LogP) is 1.25. The summed E-state index contributed by atoms with van der Waals surface area (Å²) in [6.07, 6.45) is 3.75. The Kier molecular flexibility index (Phi) is 2.97. The molecule has 0 radical (unpaired) electrons. The van der Waals surface area contributed by atoms with Crippen LogP contribution in [0.15, 0.2) is 24.4 Å². The highest BCUT2D eigenvalue weighted by Gasteiger charge is 2.26. The number of nitrogens with zero attached hydrogens (tertiary/aromatic N) is 9. The largest absolute Gasteiger partial charge is 0.270 e. The molecule has 5 heterocycles. The lowest BCUT2D eigenvalue weighted by Gasteiger charge is -2.22. The zero-order chi connectivity index (χ0) is 17.0. The Morgan fingerprint density at radius 3 is 2.92 bits per heavy atom. The van der Waals surface area contributed by atoms with E-state index in [-0.39, 0.29) is 0 Å². The minimum atomic E-state index is 0.296. The van der Waals surface area contributed by atoms with Gasteiger partial charge in [0.25, 0.3) is 0 Å². The van der Waals surface area contributed by atoms with E-state index in [9.17, 15) is 0 Å². The number of fused-ring (bicyclic) bond motifs is 2. The molecule has 25 heavy (non-hydrogen) atoms. The van der Waals surface area contributed by atoms with Crippen molar-refractivity contribution in [3.63, 3.8) is 0 Å². The van der Waals surface area contributed by atoms with Crippen LogP contribution < -0.4 is 0 Å². The summed E-state index contributed by atoms with van der Waals surface area (Å²) in [4.78, 5) is 4.70. The van der Waals surface area contributed by atoms with Crippen molar-refractivity contribution < 1.29 is 0 Å². The molecule has 0 fully saturated rings. The molecule has 0 spiro atoms. The fourth-order valence-corrected chi connectivity index (χ4v) is 3.45. The van der Waals surface area contributed by atoms with Crippen LogP contribution in [-0.2, 0) is 13.0 Å². The third kappa shape index (κ3) is 2.23. The Bertz CT molecular complexity index is 1070. The number of hydrogen-bond acceptors (Lipinski definition) is 6. The van der Waals surface area contributed by atoms with Crippen molar-refractivity contribution in [1.82, 2.24) is 44.4 Å². The van der Waals surface area contributed by atoms with Gasteiger partial charge in [-0.2, -0.15) is 14.3 Å². The van der Waals surface area contributed by atoms with E-state index in [1.165, 1.54) is 5.69 Å². The summed E-state index contributed by atoms with van der Waals surface area (Å²) in [5, 5.41) is 21.7. The molecule has 1 unspecified atom stereocenters. The Hall–Kier alpha value is -3.10. The number of rotatable bonds is 2. The van der Waals surface area contributed by atoms with Crippen molar-refractivity contribution in [2.75, 3.05) is 0 Å². The molecule has 4 aromatic rings. The summed E-state index contributed by atoms with van der Waals surface area (Å²) >= 11 is 0. The Labute approximate surface area is 143 Å². The van der Waals surface area contributed by atoms with Crippen LogP contribution in [0, 0.1) is 13.8 Å². The van der Waals surface area contributed by atoms with E-state index in [0.717, 1.165) is 48.3 Å². The van der Waals surface area contributed by atoms with Gasteiger partial charge >= 0.3 is 0 Å². The summed E-state index contributed by atoms with van der Waals surface area (Å²) in [5.74, 6) is 3.46. The maximum absolute atomic E-state index is 4.70. The Morgan fingerprint density at radius 2 is 2.00 bits per heavy atom. The summed E-state index contributed by atoms with van der Waals surface area (Å²) in [6.45, 7) is 4.69. The third-order valence-electron chi connectivity index (χ3n) is 4.67. The van der Waals surface area contributed by atoms with Gasteiger partial charge in [0.1, 0.15) is 11.6 Å². The molecule has 0 aromatic carbocycles. The minimum absolute atomic E-state index is 0.296. The molecule has 126 valence electrons. The van der Waals surface area contributed by atoms with Crippen LogP contribution in [-0.4, -0.2) is 44.4 Å². The zero-order valence-electron chi connectivity index (χ0n) is 14.0.